The normalized spacial score (nSPS) is 11.9. The first-order valence-corrected chi connectivity index (χ1v) is 9.25. The molecule has 28 heavy (non-hydrogen) atoms. The lowest BCUT2D eigenvalue weighted by molar-refractivity contribution is -0.138. The third-order valence-electron chi connectivity index (χ3n) is 4.52. The van der Waals surface area contributed by atoms with Crippen molar-refractivity contribution in [2.75, 3.05) is 41.5 Å². The van der Waals surface area contributed by atoms with Crippen LogP contribution in [0.4, 0.5) is 0 Å². The highest BCUT2D eigenvalue weighted by molar-refractivity contribution is 5.76. The smallest absolute Gasteiger partial charge is 0.311 e. The van der Waals surface area contributed by atoms with Crippen LogP contribution in [0.5, 0.6) is 17.2 Å². The first-order chi connectivity index (χ1) is 13.4. The molecule has 0 aliphatic carbocycles. The van der Waals surface area contributed by atoms with E-state index in [1.807, 2.05) is 32.3 Å². The molecular formula is C22H29NO5. The van der Waals surface area contributed by atoms with Gasteiger partial charge in [-0.2, -0.15) is 0 Å². The summed E-state index contributed by atoms with van der Waals surface area (Å²) in [5.74, 6) is 0.491. The lowest BCUT2D eigenvalue weighted by Crippen LogP contribution is -2.17. The second kappa shape index (κ2) is 10.6. The van der Waals surface area contributed by atoms with Crippen molar-refractivity contribution in [1.82, 2.24) is 4.90 Å². The van der Waals surface area contributed by atoms with Gasteiger partial charge in [-0.25, -0.2) is 0 Å². The van der Waals surface area contributed by atoms with E-state index in [0.29, 0.717) is 30.3 Å². The molecule has 0 aliphatic heterocycles. The molecule has 6 heteroatoms. The SMILES string of the molecule is COc1ccc(C(Cc2ccc(OC)cc2OCCCN(C)C)C(=O)O)cc1. The quantitative estimate of drug-likeness (QED) is 0.596. The van der Waals surface area contributed by atoms with E-state index in [2.05, 4.69) is 4.90 Å². The zero-order valence-corrected chi connectivity index (χ0v) is 17.0. The fourth-order valence-electron chi connectivity index (χ4n) is 2.93. The number of hydrogen-bond donors (Lipinski definition) is 1. The van der Waals surface area contributed by atoms with Crippen LogP contribution in [0.1, 0.15) is 23.5 Å². The molecule has 1 N–H and O–H groups in total. The summed E-state index contributed by atoms with van der Waals surface area (Å²) in [6.45, 7) is 1.47. The number of carboxylic acid groups (broad SMARTS) is 1. The number of benzene rings is 2. The highest BCUT2D eigenvalue weighted by Crippen LogP contribution is 2.31. The van der Waals surface area contributed by atoms with Gasteiger partial charge in [-0.3, -0.25) is 4.79 Å². The Bertz CT molecular complexity index is 758. The predicted molar refractivity (Wildman–Crippen MR) is 109 cm³/mol. The fourth-order valence-corrected chi connectivity index (χ4v) is 2.93. The number of nitrogens with zero attached hydrogens (tertiary/aromatic N) is 1. The standard InChI is InChI=1S/C22H29NO5/c1-23(2)12-5-13-28-21-15-19(27-4)11-8-17(21)14-20(22(24)25)16-6-9-18(26-3)10-7-16/h6-11,15,20H,5,12-14H2,1-4H3,(H,24,25). The molecule has 6 nitrogen and oxygen atoms in total. The van der Waals surface area contributed by atoms with Crippen LogP contribution < -0.4 is 14.2 Å². The first-order valence-electron chi connectivity index (χ1n) is 9.25. The summed E-state index contributed by atoms with van der Waals surface area (Å²) in [4.78, 5) is 14.0. The van der Waals surface area contributed by atoms with E-state index in [4.69, 9.17) is 14.2 Å². The van der Waals surface area contributed by atoms with E-state index in [1.165, 1.54) is 0 Å². The van der Waals surface area contributed by atoms with Gasteiger partial charge < -0.3 is 24.2 Å². The molecule has 2 rings (SSSR count). The van der Waals surface area contributed by atoms with E-state index in [1.54, 1.807) is 38.5 Å². The average molecular weight is 387 g/mol. The Balaban J connectivity index is 2.21. The second-order valence-corrected chi connectivity index (χ2v) is 6.85. The number of ether oxygens (including phenoxy) is 3. The number of carboxylic acids is 1. The van der Waals surface area contributed by atoms with E-state index >= 15 is 0 Å². The van der Waals surface area contributed by atoms with Crippen molar-refractivity contribution in [3.05, 3.63) is 53.6 Å². The predicted octanol–water partition coefficient (Wildman–Crippen LogP) is 3.45. The third-order valence-corrected chi connectivity index (χ3v) is 4.52. The van der Waals surface area contributed by atoms with E-state index in [-0.39, 0.29) is 0 Å². The first kappa shape index (κ1) is 21.6. The number of methoxy groups -OCH3 is 2. The number of aliphatic carboxylic acids is 1. The van der Waals surface area contributed by atoms with Crippen LogP contribution in [0.2, 0.25) is 0 Å². The Hall–Kier alpha value is -2.73. The van der Waals surface area contributed by atoms with E-state index in [0.717, 1.165) is 24.1 Å². The number of carbonyl (C=O) groups is 1. The molecule has 0 saturated heterocycles. The Morgan fingerprint density at radius 2 is 1.68 bits per heavy atom. The van der Waals surface area contributed by atoms with Crippen molar-refractivity contribution in [3.63, 3.8) is 0 Å². The number of hydrogen-bond acceptors (Lipinski definition) is 5. The molecule has 0 saturated carbocycles. The summed E-state index contributed by atoms with van der Waals surface area (Å²) in [5.41, 5.74) is 1.57. The lowest BCUT2D eigenvalue weighted by atomic mass is 9.91. The molecule has 2 aromatic rings. The average Bonchev–Trinajstić information content (AvgIpc) is 2.69. The van der Waals surface area contributed by atoms with Crippen molar-refractivity contribution in [2.45, 2.75) is 18.8 Å². The summed E-state index contributed by atoms with van der Waals surface area (Å²) < 4.78 is 16.4. The topological polar surface area (TPSA) is 68.2 Å². The van der Waals surface area contributed by atoms with Gasteiger partial charge in [0.05, 0.1) is 26.7 Å². The van der Waals surface area contributed by atoms with Crippen molar-refractivity contribution in [1.29, 1.82) is 0 Å². The van der Waals surface area contributed by atoms with Crippen molar-refractivity contribution in [3.8, 4) is 17.2 Å². The summed E-state index contributed by atoms with van der Waals surface area (Å²) in [6, 6.07) is 12.7. The van der Waals surface area contributed by atoms with E-state index < -0.39 is 11.9 Å². The van der Waals surface area contributed by atoms with Crippen molar-refractivity contribution < 1.29 is 24.1 Å². The minimum atomic E-state index is -0.875. The highest BCUT2D eigenvalue weighted by Gasteiger charge is 2.22. The summed E-state index contributed by atoms with van der Waals surface area (Å²) in [5, 5.41) is 9.78. The van der Waals surface area contributed by atoms with Gasteiger partial charge in [-0.1, -0.05) is 18.2 Å². The Labute approximate surface area is 166 Å². The fraction of sp³-hybridized carbons (Fsp3) is 0.409. The van der Waals surface area contributed by atoms with Gasteiger partial charge in [0.1, 0.15) is 17.2 Å². The van der Waals surface area contributed by atoms with Gasteiger partial charge in [0.25, 0.3) is 0 Å². The zero-order chi connectivity index (χ0) is 20.5. The maximum absolute atomic E-state index is 11.9. The molecule has 0 aromatic heterocycles. The molecular weight excluding hydrogens is 358 g/mol. The highest BCUT2D eigenvalue weighted by atomic mass is 16.5. The molecule has 0 bridgehead atoms. The molecule has 0 amide bonds. The lowest BCUT2D eigenvalue weighted by Gasteiger charge is -2.18. The summed E-state index contributed by atoms with van der Waals surface area (Å²) >= 11 is 0. The Morgan fingerprint density at radius 1 is 1.04 bits per heavy atom. The molecule has 0 fully saturated rings. The third kappa shape index (κ3) is 6.16. The maximum Gasteiger partial charge on any atom is 0.311 e. The minimum absolute atomic E-state index is 0.328. The Morgan fingerprint density at radius 3 is 2.25 bits per heavy atom. The van der Waals surface area contributed by atoms with Gasteiger partial charge in [0, 0.05) is 12.6 Å². The molecule has 1 atom stereocenters. The molecule has 0 heterocycles. The molecule has 1 unspecified atom stereocenters. The van der Waals surface area contributed by atoms with Gasteiger partial charge in [0.15, 0.2) is 0 Å². The van der Waals surface area contributed by atoms with Crippen LogP contribution in [0.25, 0.3) is 0 Å². The molecule has 0 radical (unpaired) electrons. The molecule has 0 aliphatic rings. The maximum atomic E-state index is 11.9. The van der Waals surface area contributed by atoms with Crippen LogP contribution in [0, 0.1) is 0 Å². The second-order valence-electron chi connectivity index (χ2n) is 6.85. The van der Waals surface area contributed by atoms with Crippen LogP contribution in [-0.2, 0) is 11.2 Å². The summed E-state index contributed by atoms with van der Waals surface area (Å²) in [6.07, 6.45) is 1.21. The number of rotatable bonds is 11. The Kier molecular flexibility index (Phi) is 8.14. The molecule has 152 valence electrons. The molecule has 2 aromatic carbocycles. The van der Waals surface area contributed by atoms with Gasteiger partial charge in [-0.05, 0) is 56.3 Å². The monoisotopic (exact) mass is 387 g/mol. The van der Waals surface area contributed by atoms with Crippen LogP contribution >= 0.6 is 0 Å². The zero-order valence-electron chi connectivity index (χ0n) is 17.0. The van der Waals surface area contributed by atoms with Crippen LogP contribution in [0.3, 0.4) is 0 Å². The van der Waals surface area contributed by atoms with Gasteiger partial charge >= 0.3 is 5.97 Å². The summed E-state index contributed by atoms with van der Waals surface area (Å²) in [7, 11) is 7.22. The van der Waals surface area contributed by atoms with Crippen molar-refractivity contribution >= 4 is 5.97 Å². The van der Waals surface area contributed by atoms with Crippen LogP contribution in [-0.4, -0.2) is 57.4 Å². The minimum Gasteiger partial charge on any atom is -0.497 e. The van der Waals surface area contributed by atoms with Gasteiger partial charge in [0.2, 0.25) is 0 Å². The molecule has 0 spiro atoms. The van der Waals surface area contributed by atoms with Gasteiger partial charge in [-0.15, -0.1) is 0 Å². The van der Waals surface area contributed by atoms with Crippen molar-refractivity contribution in [2.24, 2.45) is 0 Å². The van der Waals surface area contributed by atoms with E-state index in [9.17, 15) is 9.90 Å². The largest absolute Gasteiger partial charge is 0.497 e. The van der Waals surface area contributed by atoms with Crippen LogP contribution in [0.15, 0.2) is 42.5 Å².